The minimum absolute atomic E-state index is 1.28. The maximum atomic E-state index is 2.23. The molecule has 0 bridgehead atoms. The molecule has 0 spiro atoms. The molecule has 2 heteroatoms. The summed E-state index contributed by atoms with van der Waals surface area (Å²) in [7, 11) is 4.15. The Balaban J connectivity index is 3.20. The molecule has 0 atom stereocenters. The van der Waals surface area contributed by atoms with Crippen molar-refractivity contribution in [1.82, 2.24) is 0 Å². The number of anilines is 1. The predicted molar refractivity (Wildman–Crippen MR) is 62.0 cm³/mol. The van der Waals surface area contributed by atoms with E-state index in [-0.39, 0.29) is 0 Å². The average Bonchev–Trinajstić information content (AvgIpc) is 2.03. The van der Waals surface area contributed by atoms with Gasteiger partial charge in [-0.2, -0.15) is 0 Å². The van der Waals surface area contributed by atoms with Gasteiger partial charge in [-0.15, -0.1) is 11.8 Å². The molecule has 0 aliphatic carbocycles. The third kappa shape index (κ3) is 2.19. The summed E-state index contributed by atoms with van der Waals surface area (Å²) in [5.41, 5.74) is 4.03. The van der Waals surface area contributed by atoms with Crippen molar-refractivity contribution in [2.24, 2.45) is 0 Å². The number of hydrogen-bond acceptors (Lipinski definition) is 2. The summed E-state index contributed by atoms with van der Waals surface area (Å²) in [4.78, 5) is 3.55. The van der Waals surface area contributed by atoms with E-state index in [9.17, 15) is 0 Å². The van der Waals surface area contributed by atoms with E-state index >= 15 is 0 Å². The normalized spacial score (nSPS) is 10.2. The standard InChI is InChI=1S/C11H17NS/c1-8-6-10(12(3)4)7-9(2)11(8)13-5/h6-7H,1-5H3. The zero-order chi connectivity index (χ0) is 10.0. The maximum Gasteiger partial charge on any atom is 0.0367 e. The summed E-state index contributed by atoms with van der Waals surface area (Å²) < 4.78 is 0. The summed E-state index contributed by atoms with van der Waals surface area (Å²) in [6.45, 7) is 4.34. The van der Waals surface area contributed by atoms with Crippen LogP contribution in [0.15, 0.2) is 17.0 Å². The molecule has 0 fully saturated rings. The Morgan fingerprint density at radius 2 is 1.54 bits per heavy atom. The summed E-state index contributed by atoms with van der Waals surface area (Å²) in [5, 5.41) is 0. The first-order chi connectivity index (χ1) is 6.06. The van der Waals surface area contributed by atoms with Gasteiger partial charge in [0.2, 0.25) is 0 Å². The third-order valence-corrected chi connectivity index (χ3v) is 3.22. The maximum absolute atomic E-state index is 2.23. The quantitative estimate of drug-likeness (QED) is 0.667. The SMILES string of the molecule is CSc1c(C)cc(N(C)C)cc1C. The van der Waals surface area contributed by atoms with Crippen LogP contribution in [0, 0.1) is 13.8 Å². The number of hydrogen-bond donors (Lipinski definition) is 0. The van der Waals surface area contributed by atoms with Crippen LogP contribution in [-0.2, 0) is 0 Å². The first kappa shape index (κ1) is 10.5. The molecule has 1 nitrogen and oxygen atoms in total. The fourth-order valence-electron chi connectivity index (χ4n) is 1.51. The molecule has 1 aromatic carbocycles. The second-order valence-corrected chi connectivity index (χ2v) is 4.32. The van der Waals surface area contributed by atoms with Gasteiger partial charge in [-0.3, -0.25) is 0 Å². The molecule has 1 aromatic rings. The predicted octanol–water partition coefficient (Wildman–Crippen LogP) is 3.09. The molecule has 0 radical (unpaired) electrons. The monoisotopic (exact) mass is 195 g/mol. The molecular formula is C11H17NS. The second-order valence-electron chi connectivity index (χ2n) is 3.51. The second kappa shape index (κ2) is 4.05. The molecule has 0 aliphatic heterocycles. The topological polar surface area (TPSA) is 3.24 Å². The van der Waals surface area contributed by atoms with Gasteiger partial charge in [-0.25, -0.2) is 0 Å². The van der Waals surface area contributed by atoms with Crippen LogP contribution in [-0.4, -0.2) is 20.4 Å². The average molecular weight is 195 g/mol. The summed E-state index contributed by atoms with van der Waals surface area (Å²) in [5.74, 6) is 0. The number of rotatable bonds is 2. The zero-order valence-corrected chi connectivity index (χ0v) is 9.83. The number of benzene rings is 1. The van der Waals surface area contributed by atoms with Crippen molar-refractivity contribution < 1.29 is 0 Å². The van der Waals surface area contributed by atoms with E-state index in [1.54, 1.807) is 0 Å². The summed E-state index contributed by atoms with van der Waals surface area (Å²) in [6.07, 6.45) is 2.13. The highest BCUT2D eigenvalue weighted by atomic mass is 32.2. The molecule has 0 amide bonds. The van der Waals surface area contributed by atoms with E-state index in [0.29, 0.717) is 0 Å². The molecule has 0 aliphatic rings. The Morgan fingerprint density at radius 1 is 1.08 bits per heavy atom. The summed E-state index contributed by atoms with van der Waals surface area (Å²) >= 11 is 1.82. The number of thioether (sulfide) groups is 1. The molecule has 0 heterocycles. The number of nitrogens with zero attached hydrogens (tertiary/aromatic N) is 1. The van der Waals surface area contributed by atoms with Crippen LogP contribution < -0.4 is 4.90 Å². The van der Waals surface area contributed by atoms with Crippen LogP contribution in [0.25, 0.3) is 0 Å². The molecular weight excluding hydrogens is 178 g/mol. The van der Waals surface area contributed by atoms with Crippen LogP contribution in [0.1, 0.15) is 11.1 Å². The zero-order valence-electron chi connectivity index (χ0n) is 9.01. The van der Waals surface area contributed by atoms with E-state index in [4.69, 9.17) is 0 Å². The lowest BCUT2D eigenvalue weighted by Gasteiger charge is -2.16. The highest BCUT2D eigenvalue weighted by Crippen LogP contribution is 2.28. The molecule has 0 unspecified atom stereocenters. The lowest BCUT2D eigenvalue weighted by molar-refractivity contribution is 1.10. The lowest BCUT2D eigenvalue weighted by Crippen LogP contribution is -2.09. The molecule has 0 N–H and O–H groups in total. The highest BCUT2D eigenvalue weighted by molar-refractivity contribution is 7.98. The van der Waals surface area contributed by atoms with Crippen molar-refractivity contribution in [1.29, 1.82) is 0 Å². The Hall–Kier alpha value is -0.630. The lowest BCUT2D eigenvalue weighted by atomic mass is 10.1. The first-order valence-electron chi connectivity index (χ1n) is 4.39. The van der Waals surface area contributed by atoms with Gasteiger partial charge in [0.25, 0.3) is 0 Å². The summed E-state index contributed by atoms with van der Waals surface area (Å²) in [6, 6.07) is 4.47. The van der Waals surface area contributed by atoms with Gasteiger partial charge < -0.3 is 4.90 Å². The van der Waals surface area contributed by atoms with Crippen molar-refractivity contribution in [3.05, 3.63) is 23.3 Å². The van der Waals surface area contributed by atoms with E-state index < -0.39 is 0 Å². The molecule has 0 saturated carbocycles. The Morgan fingerprint density at radius 3 is 1.85 bits per heavy atom. The molecule has 72 valence electrons. The van der Waals surface area contributed by atoms with Crippen LogP contribution >= 0.6 is 11.8 Å². The first-order valence-corrected chi connectivity index (χ1v) is 5.61. The Bertz CT molecular complexity index is 282. The van der Waals surface area contributed by atoms with E-state index in [0.717, 1.165) is 0 Å². The van der Waals surface area contributed by atoms with Crippen LogP contribution in [0.3, 0.4) is 0 Å². The smallest absolute Gasteiger partial charge is 0.0367 e. The molecule has 0 aromatic heterocycles. The Kier molecular flexibility index (Phi) is 3.26. The van der Waals surface area contributed by atoms with Gasteiger partial charge in [0.1, 0.15) is 0 Å². The van der Waals surface area contributed by atoms with Crippen LogP contribution in [0.4, 0.5) is 5.69 Å². The van der Waals surface area contributed by atoms with Crippen molar-refractivity contribution in [3.8, 4) is 0 Å². The van der Waals surface area contributed by atoms with Gasteiger partial charge in [0.05, 0.1) is 0 Å². The van der Waals surface area contributed by atoms with E-state index in [2.05, 4.69) is 51.2 Å². The fourth-order valence-corrected chi connectivity index (χ4v) is 2.27. The highest BCUT2D eigenvalue weighted by Gasteiger charge is 2.04. The molecule has 1 rings (SSSR count). The minimum Gasteiger partial charge on any atom is -0.378 e. The van der Waals surface area contributed by atoms with Gasteiger partial charge in [0, 0.05) is 24.7 Å². The largest absolute Gasteiger partial charge is 0.378 e. The van der Waals surface area contributed by atoms with Crippen molar-refractivity contribution >= 4 is 17.4 Å². The van der Waals surface area contributed by atoms with Crippen LogP contribution in [0.2, 0.25) is 0 Å². The molecule has 0 saturated heterocycles. The minimum atomic E-state index is 1.28. The number of aryl methyl sites for hydroxylation is 2. The van der Waals surface area contributed by atoms with E-state index in [1.807, 2.05) is 11.8 Å². The van der Waals surface area contributed by atoms with Crippen LogP contribution in [0.5, 0.6) is 0 Å². The van der Waals surface area contributed by atoms with Crippen molar-refractivity contribution in [2.75, 3.05) is 25.3 Å². The molecule has 13 heavy (non-hydrogen) atoms. The Labute approximate surface area is 85.1 Å². The van der Waals surface area contributed by atoms with Crippen molar-refractivity contribution in [3.63, 3.8) is 0 Å². The van der Waals surface area contributed by atoms with E-state index in [1.165, 1.54) is 21.7 Å². The fraction of sp³-hybridized carbons (Fsp3) is 0.455. The van der Waals surface area contributed by atoms with Gasteiger partial charge in [-0.1, -0.05) is 0 Å². The van der Waals surface area contributed by atoms with Crippen molar-refractivity contribution in [2.45, 2.75) is 18.7 Å². The van der Waals surface area contributed by atoms with Gasteiger partial charge >= 0.3 is 0 Å². The van der Waals surface area contributed by atoms with Gasteiger partial charge in [0.15, 0.2) is 0 Å². The third-order valence-electron chi connectivity index (χ3n) is 2.17. The van der Waals surface area contributed by atoms with Gasteiger partial charge in [-0.05, 0) is 43.4 Å².